The predicted molar refractivity (Wildman–Crippen MR) is 204 cm³/mol. The lowest BCUT2D eigenvalue weighted by Gasteiger charge is -2.60. The number of unbranched alkanes of at least 4 members (excludes halogenated alkanes) is 2. The molecule has 0 radical (unpaired) electrons. The first kappa shape index (κ1) is 40.2. The largest absolute Gasteiger partial charge is 0.459 e. The second-order valence-electron chi connectivity index (χ2n) is 15.4. The highest BCUT2D eigenvalue weighted by atomic mass is 16.8. The fourth-order valence-electron chi connectivity index (χ4n) is 9.14. The van der Waals surface area contributed by atoms with E-state index >= 15 is 0 Å². The summed E-state index contributed by atoms with van der Waals surface area (Å²) in [5, 5.41) is 27.3. The zero-order valence-electron chi connectivity index (χ0n) is 32.2. The summed E-state index contributed by atoms with van der Waals surface area (Å²) in [6.45, 7) is 9.95. The van der Waals surface area contributed by atoms with Crippen LogP contribution in [0.4, 0.5) is 4.79 Å². The Kier molecular flexibility index (Phi) is 14.1. The molecule has 0 spiro atoms. The van der Waals surface area contributed by atoms with Crippen LogP contribution in [0.3, 0.4) is 0 Å². The van der Waals surface area contributed by atoms with E-state index in [4.69, 9.17) is 28.9 Å². The Bertz CT molecular complexity index is 1510. The van der Waals surface area contributed by atoms with E-state index in [9.17, 15) is 19.8 Å². The van der Waals surface area contributed by atoms with Crippen LogP contribution in [-0.2, 0) is 19.1 Å². The van der Waals surface area contributed by atoms with Gasteiger partial charge in [-0.05, 0) is 100 Å². The molecule has 298 valence electrons. The SMILES string of the molecule is C=CCO[C@@]12Oc3ccc(OC(=O)NCC)cc3[C@H]3[C@H](CCCCO)[C@@H](CCCCO)C=C(C(=NOC4CCCCO4)C[C@@H]1N(CCC)C(=O)C1CC1)[C@H]32. The maximum atomic E-state index is 14.3. The van der Waals surface area contributed by atoms with Gasteiger partial charge in [-0.2, -0.15) is 0 Å². The Balaban J connectivity index is 1.57. The summed E-state index contributed by atoms with van der Waals surface area (Å²) < 4.78 is 26.0. The van der Waals surface area contributed by atoms with E-state index < -0.39 is 30.1 Å². The number of aliphatic hydroxyl groups is 2. The van der Waals surface area contributed by atoms with Gasteiger partial charge < -0.3 is 44.2 Å². The summed E-state index contributed by atoms with van der Waals surface area (Å²) in [5.41, 5.74) is 2.63. The molecule has 1 unspecified atom stereocenters. The molecule has 2 saturated carbocycles. The van der Waals surface area contributed by atoms with Crippen LogP contribution < -0.4 is 14.8 Å². The quantitative estimate of drug-likeness (QED) is 0.0808. The van der Waals surface area contributed by atoms with Crippen LogP contribution in [0.25, 0.3) is 0 Å². The second-order valence-corrected chi connectivity index (χ2v) is 15.4. The lowest BCUT2D eigenvalue weighted by atomic mass is 9.55. The van der Waals surface area contributed by atoms with Crippen molar-refractivity contribution in [1.82, 2.24) is 10.2 Å². The third kappa shape index (κ3) is 8.82. The number of nitrogens with zero attached hydrogens (tertiary/aromatic N) is 2. The number of carbonyl (C=O) groups is 2. The van der Waals surface area contributed by atoms with Gasteiger partial charge in [0.05, 0.1) is 24.8 Å². The number of aliphatic hydroxyl groups excluding tert-OH is 2. The lowest BCUT2D eigenvalue weighted by Crippen LogP contribution is -2.70. The number of allylic oxidation sites excluding steroid dienone is 1. The maximum absolute atomic E-state index is 14.3. The van der Waals surface area contributed by atoms with Crippen LogP contribution in [0.15, 0.2) is 47.7 Å². The van der Waals surface area contributed by atoms with Crippen molar-refractivity contribution < 1.29 is 43.6 Å². The molecule has 5 aliphatic rings. The number of hydrogen-bond donors (Lipinski definition) is 3. The van der Waals surface area contributed by atoms with Crippen molar-refractivity contribution in [1.29, 1.82) is 0 Å². The number of nitrogens with one attached hydrogen (secondary N) is 1. The van der Waals surface area contributed by atoms with Crippen LogP contribution in [-0.4, -0.2) is 90.5 Å². The zero-order valence-corrected chi connectivity index (χ0v) is 32.2. The third-order valence-corrected chi connectivity index (χ3v) is 11.6. The van der Waals surface area contributed by atoms with Crippen molar-refractivity contribution in [3.8, 4) is 11.5 Å². The van der Waals surface area contributed by atoms with E-state index in [1.54, 1.807) is 12.1 Å². The first-order chi connectivity index (χ1) is 26.4. The summed E-state index contributed by atoms with van der Waals surface area (Å²) in [6.07, 6.45) is 13.3. The molecular weight excluding hydrogens is 690 g/mol. The Morgan fingerprint density at radius 2 is 1.89 bits per heavy atom. The molecule has 7 atom stereocenters. The summed E-state index contributed by atoms with van der Waals surface area (Å²) in [4.78, 5) is 35.2. The van der Waals surface area contributed by atoms with Crippen molar-refractivity contribution in [3.05, 3.63) is 48.1 Å². The average Bonchev–Trinajstić information content (AvgIpc) is 4.03. The molecule has 2 amide bonds. The van der Waals surface area contributed by atoms with Gasteiger partial charge in [-0.3, -0.25) is 4.79 Å². The number of carbonyl (C=O) groups excluding carboxylic acids is 2. The van der Waals surface area contributed by atoms with Gasteiger partial charge in [0.1, 0.15) is 17.5 Å². The van der Waals surface area contributed by atoms with Crippen LogP contribution >= 0.6 is 0 Å². The van der Waals surface area contributed by atoms with Gasteiger partial charge in [0, 0.05) is 56.5 Å². The minimum absolute atomic E-state index is 0.0219. The van der Waals surface area contributed by atoms with Crippen LogP contribution in [0, 0.1) is 23.7 Å². The molecule has 1 aromatic carbocycles. The Labute approximate surface area is 320 Å². The summed E-state index contributed by atoms with van der Waals surface area (Å²) in [5.74, 6) is -0.643. The molecule has 3 N–H and O–H groups in total. The van der Waals surface area contributed by atoms with E-state index in [-0.39, 0.29) is 49.4 Å². The van der Waals surface area contributed by atoms with Crippen LogP contribution in [0.5, 0.6) is 11.5 Å². The molecule has 1 saturated heterocycles. The molecule has 2 heterocycles. The Hall–Kier alpha value is -3.45. The van der Waals surface area contributed by atoms with E-state index in [0.717, 1.165) is 81.1 Å². The molecular formula is C42H61N3O9. The molecule has 1 aromatic rings. The number of amides is 2. The standard InChI is InChI=1S/C42H61N3O9/c1-4-20-45(40(48)28-16-17-28)36-27-34(44-54-37-15-9-12-24-50-37)32-25-29(13-7-10-21-46)31(14-8-11-22-47)38-33-26-30(52-41(49)43-6-3)18-19-35(33)53-42(36,39(32)38)51-23-5-2/h5,18-19,25-26,28-29,31,36-39,46-47H,2,4,6-17,20-24,27H2,1,3H3,(H,43,49)/t29-,31+,36-,37?,38+,39+,42+/m0/s1. The molecule has 6 rings (SSSR count). The minimum atomic E-state index is -1.30. The first-order valence-corrected chi connectivity index (χ1v) is 20.5. The maximum Gasteiger partial charge on any atom is 0.412 e. The molecule has 3 fully saturated rings. The molecule has 54 heavy (non-hydrogen) atoms. The lowest BCUT2D eigenvalue weighted by molar-refractivity contribution is -0.258. The fraction of sp³-hybridized carbons (Fsp3) is 0.690. The van der Waals surface area contributed by atoms with E-state index in [0.29, 0.717) is 50.5 Å². The van der Waals surface area contributed by atoms with Crippen LogP contribution in [0.2, 0.25) is 0 Å². The number of hydrogen-bond acceptors (Lipinski definition) is 10. The van der Waals surface area contributed by atoms with Gasteiger partial charge in [-0.1, -0.05) is 37.1 Å². The molecule has 12 nitrogen and oxygen atoms in total. The molecule has 0 bridgehead atoms. The van der Waals surface area contributed by atoms with Gasteiger partial charge >= 0.3 is 6.09 Å². The monoisotopic (exact) mass is 751 g/mol. The van der Waals surface area contributed by atoms with Gasteiger partial charge in [0.25, 0.3) is 0 Å². The second kappa shape index (κ2) is 18.9. The zero-order chi connectivity index (χ0) is 38.1. The van der Waals surface area contributed by atoms with Gasteiger partial charge in [0.2, 0.25) is 18.0 Å². The van der Waals surface area contributed by atoms with Crippen molar-refractivity contribution in [2.75, 3.05) is 39.5 Å². The molecule has 3 aliphatic carbocycles. The van der Waals surface area contributed by atoms with Crippen LogP contribution in [0.1, 0.15) is 109 Å². The topological polar surface area (TPSA) is 148 Å². The average molecular weight is 752 g/mol. The molecule has 12 heteroatoms. The van der Waals surface area contributed by atoms with E-state index in [2.05, 4.69) is 24.9 Å². The number of fused-ring (bicyclic) bond motifs is 2. The van der Waals surface area contributed by atoms with E-state index in [1.165, 1.54) is 0 Å². The Morgan fingerprint density at radius 3 is 2.57 bits per heavy atom. The fourth-order valence-corrected chi connectivity index (χ4v) is 9.14. The first-order valence-electron chi connectivity index (χ1n) is 20.5. The highest BCUT2D eigenvalue weighted by Gasteiger charge is 2.65. The smallest absolute Gasteiger partial charge is 0.412 e. The predicted octanol–water partition coefficient (Wildman–Crippen LogP) is 6.60. The van der Waals surface area contributed by atoms with Gasteiger partial charge in [0.15, 0.2) is 0 Å². The number of benzene rings is 1. The third-order valence-electron chi connectivity index (χ3n) is 11.6. The van der Waals surface area contributed by atoms with Crippen molar-refractivity contribution in [2.45, 2.75) is 121 Å². The number of ether oxygens (including phenoxy) is 4. The summed E-state index contributed by atoms with van der Waals surface area (Å²) in [6, 6.07) is 5.00. The highest BCUT2D eigenvalue weighted by molar-refractivity contribution is 6.03. The molecule has 0 aromatic heterocycles. The Morgan fingerprint density at radius 1 is 1.09 bits per heavy atom. The van der Waals surface area contributed by atoms with Crippen molar-refractivity contribution in [2.24, 2.45) is 28.8 Å². The summed E-state index contributed by atoms with van der Waals surface area (Å²) >= 11 is 0. The van der Waals surface area contributed by atoms with E-state index in [1.807, 2.05) is 24.0 Å². The number of rotatable bonds is 19. The van der Waals surface area contributed by atoms with Crippen molar-refractivity contribution in [3.63, 3.8) is 0 Å². The minimum Gasteiger partial charge on any atom is -0.459 e. The summed E-state index contributed by atoms with van der Waals surface area (Å²) in [7, 11) is 0. The molecule has 2 aliphatic heterocycles. The number of oxime groups is 1. The highest BCUT2D eigenvalue weighted by Crippen LogP contribution is 2.62. The van der Waals surface area contributed by atoms with Crippen molar-refractivity contribution >= 4 is 17.7 Å². The van der Waals surface area contributed by atoms with Gasteiger partial charge in [-0.15, -0.1) is 6.58 Å². The van der Waals surface area contributed by atoms with Gasteiger partial charge in [-0.25, -0.2) is 4.79 Å². The normalized spacial score (nSPS) is 29.3.